The van der Waals surface area contributed by atoms with E-state index in [9.17, 15) is 13.3 Å². The van der Waals surface area contributed by atoms with Crippen molar-refractivity contribution in [2.45, 2.75) is 17.5 Å². The maximum absolute atomic E-state index is 11.3. The van der Waals surface area contributed by atoms with Crippen LogP contribution in [0.1, 0.15) is 5.56 Å². The minimum atomic E-state index is -3.21. The van der Waals surface area contributed by atoms with Gasteiger partial charge in [0, 0.05) is 15.9 Å². The third kappa shape index (κ3) is 3.39. The van der Waals surface area contributed by atoms with Crippen LogP contribution < -0.4 is 5.73 Å². The Bertz CT molecular complexity index is 497. The lowest BCUT2D eigenvalue weighted by molar-refractivity contribution is -0.557. The van der Waals surface area contributed by atoms with Crippen molar-refractivity contribution in [3.8, 4) is 0 Å². The Morgan fingerprint density at radius 1 is 1.44 bits per heavy atom. The van der Waals surface area contributed by atoms with Crippen LogP contribution in [0.15, 0.2) is 29.2 Å². The van der Waals surface area contributed by atoms with Crippen LogP contribution in [0.4, 0.5) is 0 Å². The van der Waals surface area contributed by atoms with Gasteiger partial charge in [-0.1, -0.05) is 12.1 Å². The van der Waals surface area contributed by atoms with Crippen molar-refractivity contribution in [2.75, 3.05) is 13.3 Å². The third-order valence-corrected chi connectivity index (χ3v) is 3.35. The molecule has 0 aliphatic carbocycles. The Morgan fingerprint density at radius 3 is 2.56 bits per heavy atom. The fourth-order valence-corrected chi connectivity index (χ4v) is 1.96. The number of sulfone groups is 1. The standard InChI is InChI=1S/C10H15N2O3S/c1-12(13)10(11)7-8-4-3-5-9(6-8)16(2,14)15/h3-6,10H,7,11H2,1-2H3/q+1/t10-/m1/s1. The van der Waals surface area contributed by atoms with E-state index < -0.39 is 16.0 Å². The minimum Gasteiger partial charge on any atom is -0.269 e. The van der Waals surface area contributed by atoms with Gasteiger partial charge >= 0.3 is 0 Å². The van der Waals surface area contributed by atoms with E-state index in [2.05, 4.69) is 0 Å². The fraction of sp³-hybridized carbons (Fsp3) is 0.400. The molecular formula is C10H15N2O3S+. The zero-order chi connectivity index (χ0) is 12.3. The van der Waals surface area contributed by atoms with Gasteiger partial charge in [-0.25, -0.2) is 8.42 Å². The summed E-state index contributed by atoms with van der Waals surface area (Å²) >= 11 is 0. The summed E-state index contributed by atoms with van der Waals surface area (Å²) in [7, 11) is -1.88. The van der Waals surface area contributed by atoms with Crippen LogP contribution in [0.25, 0.3) is 0 Å². The molecule has 1 rings (SSSR count). The molecule has 1 aromatic rings. The maximum Gasteiger partial charge on any atom is 0.255 e. The minimum absolute atomic E-state index is 0.241. The van der Waals surface area contributed by atoms with Gasteiger partial charge in [-0.3, -0.25) is 5.73 Å². The first-order valence-corrected chi connectivity index (χ1v) is 6.64. The molecule has 0 heterocycles. The summed E-state index contributed by atoms with van der Waals surface area (Å²) in [6, 6.07) is 6.45. The van der Waals surface area contributed by atoms with E-state index in [1.54, 1.807) is 18.2 Å². The highest BCUT2D eigenvalue weighted by molar-refractivity contribution is 7.90. The Hall–Kier alpha value is -1.27. The summed E-state index contributed by atoms with van der Waals surface area (Å²) < 4.78 is 23.2. The molecule has 5 nitrogen and oxygen atoms in total. The molecule has 0 saturated heterocycles. The van der Waals surface area contributed by atoms with Gasteiger partial charge in [-0.05, 0) is 17.7 Å². The van der Waals surface area contributed by atoms with Crippen molar-refractivity contribution >= 4 is 9.84 Å². The average Bonchev–Trinajstić information content (AvgIpc) is 2.16. The molecule has 0 fully saturated rings. The predicted octanol–water partition coefficient (Wildman–Crippen LogP) is 0.326. The number of nitrogens with two attached hydrogens (primary N) is 1. The average molecular weight is 243 g/mol. The SMILES string of the molecule is C[N+](=O)[C@@H](N)Cc1cccc(S(C)(=O)=O)c1. The van der Waals surface area contributed by atoms with Crippen LogP contribution in [0, 0.1) is 4.91 Å². The Morgan fingerprint density at radius 2 is 2.06 bits per heavy atom. The second-order valence-electron chi connectivity index (χ2n) is 3.74. The highest BCUT2D eigenvalue weighted by Crippen LogP contribution is 2.12. The third-order valence-electron chi connectivity index (χ3n) is 2.24. The highest BCUT2D eigenvalue weighted by atomic mass is 32.2. The van der Waals surface area contributed by atoms with E-state index >= 15 is 0 Å². The molecule has 88 valence electrons. The number of likely N-dealkylation sites (N-methyl/N-ethyl adjacent to an activating group) is 1. The Balaban J connectivity index is 2.96. The van der Waals surface area contributed by atoms with E-state index in [1.165, 1.54) is 13.1 Å². The molecule has 0 aliphatic rings. The van der Waals surface area contributed by atoms with Crippen molar-refractivity contribution in [1.82, 2.24) is 0 Å². The van der Waals surface area contributed by atoms with Crippen LogP contribution in [-0.4, -0.2) is 32.6 Å². The molecule has 1 aromatic carbocycles. The van der Waals surface area contributed by atoms with Crippen LogP contribution in [-0.2, 0) is 16.3 Å². The maximum atomic E-state index is 11.3. The molecular weight excluding hydrogens is 228 g/mol. The molecule has 0 saturated carbocycles. The summed E-state index contributed by atoms with van der Waals surface area (Å²) in [5, 5.41) is 0. The molecule has 16 heavy (non-hydrogen) atoms. The molecule has 0 aliphatic heterocycles. The van der Waals surface area contributed by atoms with Gasteiger partial charge in [-0.15, -0.1) is 0 Å². The van der Waals surface area contributed by atoms with Gasteiger partial charge in [0.25, 0.3) is 6.17 Å². The number of nitrogens with zero attached hydrogens (tertiary/aromatic N) is 1. The molecule has 0 unspecified atom stereocenters. The highest BCUT2D eigenvalue weighted by Gasteiger charge is 2.16. The van der Waals surface area contributed by atoms with Gasteiger partial charge in [0.2, 0.25) is 0 Å². The first-order chi connectivity index (χ1) is 7.30. The normalized spacial score (nSPS) is 13.4. The van der Waals surface area contributed by atoms with Gasteiger partial charge in [0.1, 0.15) is 0 Å². The van der Waals surface area contributed by atoms with Crippen LogP contribution >= 0.6 is 0 Å². The van der Waals surface area contributed by atoms with Crippen LogP contribution in [0.3, 0.4) is 0 Å². The van der Waals surface area contributed by atoms with Crippen molar-refractivity contribution in [3.63, 3.8) is 0 Å². The summed E-state index contributed by atoms with van der Waals surface area (Å²) in [4.78, 5) is 11.1. The molecule has 0 radical (unpaired) electrons. The second-order valence-corrected chi connectivity index (χ2v) is 5.75. The lowest BCUT2D eigenvalue weighted by Gasteiger charge is -2.04. The lowest BCUT2D eigenvalue weighted by Crippen LogP contribution is -2.32. The van der Waals surface area contributed by atoms with E-state index in [4.69, 9.17) is 5.73 Å². The first kappa shape index (κ1) is 12.8. The van der Waals surface area contributed by atoms with E-state index in [0.717, 1.165) is 11.8 Å². The number of nitroso groups, excluding NO2 is 1. The van der Waals surface area contributed by atoms with Crippen LogP contribution in [0.2, 0.25) is 0 Å². The molecule has 0 spiro atoms. The van der Waals surface area contributed by atoms with Crippen LogP contribution in [0.5, 0.6) is 0 Å². The van der Waals surface area contributed by atoms with Gasteiger partial charge < -0.3 is 0 Å². The number of hydrogen-bond donors (Lipinski definition) is 1. The van der Waals surface area contributed by atoms with E-state index in [0.29, 0.717) is 11.2 Å². The number of hydrogen-bond acceptors (Lipinski definition) is 4. The zero-order valence-electron chi connectivity index (χ0n) is 9.25. The Labute approximate surface area is 94.8 Å². The first-order valence-electron chi connectivity index (χ1n) is 4.75. The lowest BCUT2D eigenvalue weighted by atomic mass is 10.1. The molecule has 1 atom stereocenters. The van der Waals surface area contributed by atoms with Crippen molar-refractivity contribution < 1.29 is 13.2 Å². The van der Waals surface area contributed by atoms with Crippen molar-refractivity contribution in [3.05, 3.63) is 34.7 Å². The van der Waals surface area contributed by atoms with Crippen molar-refractivity contribution in [2.24, 2.45) is 5.73 Å². The number of rotatable bonds is 4. The second kappa shape index (κ2) is 4.71. The molecule has 0 amide bonds. The number of benzene rings is 1. The smallest absolute Gasteiger partial charge is 0.255 e. The predicted molar refractivity (Wildman–Crippen MR) is 60.8 cm³/mol. The molecule has 6 heteroatoms. The zero-order valence-corrected chi connectivity index (χ0v) is 10.1. The van der Waals surface area contributed by atoms with E-state index in [-0.39, 0.29) is 4.90 Å². The summed E-state index contributed by atoms with van der Waals surface area (Å²) in [5.41, 5.74) is 6.31. The summed E-state index contributed by atoms with van der Waals surface area (Å²) in [6.07, 6.45) is 0.810. The molecule has 2 N–H and O–H groups in total. The summed E-state index contributed by atoms with van der Waals surface area (Å²) in [5.74, 6) is 0. The molecule has 0 bridgehead atoms. The quantitative estimate of drug-likeness (QED) is 0.610. The van der Waals surface area contributed by atoms with E-state index in [1.807, 2.05) is 0 Å². The monoisotopic (exact) mass is 243 g/mol. The van der Waals surface area contributed by atoms with Gasteiger partial charge in [-0.2, -0.15) is 0 Å². The fourth-order valence-electron chi connectivity index (χ4n) is 1.27. The largest absolute Gasteiger partial charge is 0.269 e. The van der Waals surface area contributed by atoms with Gasteiger partial charge in [0.05, 0.1) is 11.3 Å². The Kier molecular flexibility index (Phi) is 3.77. The topological polar surface area (TPSA) is 80.2 Å². The summed E-state index contributed by atoms with van der Waals surface area (Å²) in [6.45, 7) is 0. The molecule has 0 aromatic heterocycles. The van der Waals surface area contributed by atoms with Crippen molar-refractivity contribution in [1.29, 1.82) is 0 Å². The van der Waals surface area contributed by atoms with Gasteiger partial charge in [0.15, 0.2) is 16.9 Å².